The molecular weight excluding hydrogens is 514 g/mol. The second-order valence-electron chi connectivity index (χ2n) is 13.4. The van der Waals surface area contributed by atoms with Gasteiger partial charge in [0.15, 0.2) is 0 Å². The van der Waals surface area contributed by atoms with Crippen molar-refractivity contribution in [3.63, 3.8) is 0 Å². The summed E-state index contributed by atoms with van der Waals surface area (Å²) in [4.78, 5) is 25.0. The Morgan fingerprint density at radius 1 is 0.923 bits per heavy atom. The summed E-state index contributed by atoms with van der Waals surface area (Å²) >= 11 is 0. The molecule has 12 nitrogen and oxygen atoms in total. The first-order chi connectivity index (χ1) is 17.5. The highest BCUT2D eigenvalue weighted by Crippen LogP contribution is 2.74. The zero-order valence-electron chi connectivity index (χ0n) is 24.8. The minimum Gasteiger partial charge on any atom is -0.477 e. The summed E-state index contributed by atoms with van der Waals surface area (Å²) in [6, 6.07) is 0. The highest BCUT2D eigenvalue weighted by atomic mass is 16.8. The van der Waals surface area contributed by atoms with Gasteiger partial charge in [-0.2, -0.15) is 0 Å². The van der Waals surface area contributed by atoms with Gasteiger partial charge >= 0.3 is 5.97 Å². The number of nitrogens with one attached hydrogen (secondary N) is 1. The zero-order valence-corrected chi connectivity index (χ0v) is 24.8. The van der Waals surface area contributed by atoms with Crippen LogP contribution in [-0.2, 0) is 33.3 Å². The number of carbonyl (C=O) groups is 2. The Hall–Kier alpha value is -1.38. The average molecular weight is 560 g/mol. The van der Waals surface area contributed by atoms with Crippen LogP contribution in [0.25, 0.3) is 0 Å². The van der Waals surface area contributed by atoms with Crippen molar-refractivity contribution in [3.05, 3.63) is 0 Å². The molecule has 1 amide bonds. The molecule has 1 aliphatic carbocycles. The molecule has 12 heteroatoms. The first-order valence-electron chi connectivity index (χ1n) is 13.3. The van der Waals surface area contributed by atoms with Crippen LogP contribution in [-0.4, -0.2) is 104 Å². The summed E-state index contributed by atoms with van der Waals surface area (Å²) < 4.78 is 29.9. The van der Waals surface area contributed by atoms with Gasteiger partial charge in [0.25, 0.3) is 5.79 Å². The number of hydrogen-bond donors (Lipinski definition) is 5. The molecule has 0 aromatic heterocycles. The number of fused-ring (bicyclic) bond motifs is 4. The maximum absolute atomic E-state index is 12.5. The maximum atomic E-state index is 12.5. The lowest BCUT2D eigenvalue weighted by Crippen LogP contribution is -2.97. The maximum Gasteiger partial charge on any atom is 0.365 e. The van der Waals surface area contributed by atoms with Crippen LogP contribution in [0.3, 0.4) is 0 Å². The second kappa shape index (κ2) is 7.91. The Labute approximate surface area is 229 Å². The number of carbonyl (C=O) groups excluding carboxylic acids is 1. The number of aliphatic hydroxyl groups is 3. The lowest BCUT2D eigenvalue weighted by Gasteiger charge is -2.82. The molecule has 5 N–H and O–H groups in total. The third kappa shape index (κ3) is 2.78. The summed E-state index contributed by atoms with van der Waals surface area (Å²) in [5, 5.41) is 46.8. The van der Waals surface area contributed by atoms with Crippen LogP contribution >= 0.6 is 0 Å². The minimum absolute atomic E-state index is 0.158. The molecule has 6 fully saturated rings. The smallest absolute Gasteiger partial charge is 0.365 e. The van der Waals surface area contributed by atoms with Gasteiger partial charge in [0, 0.05) is 25.4 Å². The highest BCUT2D eigenvalue weighted by Gasteiger charge is 2.90. The van der Waals surface area contributed by atoms with E-state index in [0.717, 1.165) is 0 Å². The molecule has 224 valence electrons. The van der Waals surface area contributed by atoms with Gasteiger partial charge in [-0.3, -0.25) is 4.79 Å². The lowest BCUT2D eigenvalue weighted by atomic mass is 9.33. The van der Waals surface area contributed by atoms with Crippen molar-refractivity contribution >= 4 is 11.9 Å². The van der Waals surface area contributed by atoms with E-state index in [-0.39, 0.29) is 25.0 Å². The van der Waals surface area contributed by atoms with E-state index in [1.54, 1.807) is 34.6 Å². The Balaban J connectivity index is 1.70. The predicted octanol–water partition coefficient (Wildman–Crippen LogP) is 0.545. The Bertz CT molecular complexity index is 1100. The fraction of sp³-hybridized carbons (Fsp3) is 0.926. The quantitative estimate of drug-likeness (QED) is 0.281. The van der Waals surface area contributed by atoms with Crippen LogP contribution in [0.1, 0.15) is 69.2 Å². The van der Waals surface area contributed by atoms with Gasteiger partial charge in [-0.25, -0.2) is 4.79 Å². The summed E-state index contributed by atoms with van der Waals surface area (Å²) in [6.45, 7) is 15.5. The van der Waals surface area contributed by atoms with Gasteiger partial charge in [0.05, 0.1) is 30.8 Å². The van der Waals surface area contributed by atoms with E-state index in [1.165, 1.54) is 27.9 Å². The standard InChI is InChI=1S/C27H45NO11/c1-15-20(5)21(6,28-16(2)30)19(4,37-26(15,12-29)22(20,7)33)14-36-13-18(3)24(9)23(8,34)25(10,35-11)39-27(18,38-24)17(31)32/h15,29,33-34H,12-14H2,1-11H3,(H,28,30)(H,31,32)/t15-,18-,19-,20-,21?,22-,23?,24+,25+,26?,27?/m0/s1. The molecule has 5 aliphatic heterocycles. The van der Waals surface area contributed by atoms with Gasteiger partial charge < -0.3 is 49.4 Å². The SMILES string of the molecule is CO[C@]1(C)OC2(C(=O)O)O[C@@](C)(C1(C)O)[C@]2(C)COC[C@]1(C)OC2(CO)[C@@H](C)[C@@](C)(C1(C)NC(C)=O)[C@]2(C)O. The zero-order chi connectivity index (χ0) is 30.1. The molecule has 4 bridgehead atoms. The first-order valence-corrected chi connectivity index (χ1v) is 13.3. The largest absolute Gasteiger partial charge is 0.477 e. The molecule has 5 saturated heterocycles. The van der Waals surface area contributed by atoms with Crippen molar-refractivity contribution in [1.29, 1.82) is 0 Å². The number of carboxylic acid groups (broad SMARTS) is 1. The molecule has 6 aliphatic rings. The molecule has 11 atom stereocenters. The number of aliphatic carboxylic acids is 1. The topological polar surface area (TPSA) is 173 Å². The highest BCUT2D eigenvalue weighted by molar-refractivity contribution is 5.80. The third-order valence-electron chi connectivity index (χ3n) is 12.3. The van der Waals surface area contributed by atoms with E-state index in [2.05, 4.69) is 5.32 Å². The number of aliphatic hydroxyl groups excluding tert-OH is 1. The number of hydrogen-bond acceptors (Lipinski definition) is 10. The average Bonchev–Trinajstić information content (AvgIpc) is 2.82. The van der Waals surface area contributed by atoms with Gasteiger partial charge in [0.2, 0.25) is 11.7 Å². The van der Waals surface area contributed by atoms with Crippen LogP contribution < -0.4 is 5.32 Å². The number of methoxy groups -OCH3 is 1. The van der Waals surface area contributed by atoms with Gasteiger partial charge in [-0.05, 0) is 48.5 Å². The van der Waals surface area contributed by atoms with E-state index in [0.29, 0.717) is 0 Å². The van der Waals surface area contributed by atoms with Crippen molar-refractivity contribution in [3.8, 4) is 0 Å². The van der Waals surface area contributed by atoms with E-state index in [9.17, 15) is 30.0 Å². The van der Waals surface area contributed by atoms with Crippen LogP contribution in [0, 0.1) is 16.7 Å². The summed E-state index contributed by atoms with van der Waals surface area (Å²) in [5.74, 6) is -5.94. The fourth-order valence-corrected chi connectivity index (χ4v) is 8.55. The molecule has 0 spiro atoms. The number of ether oxygens (including phenoxy) is 5. The van der Waals surface area contributed by atoms with Gasteiger partial charge in [-0.1, -0.05) is 13.8 Å². The van der Waals surface area contributed by atoms with Gasteiger partial charge in [0.1, 0.15) is 28.0 Å². The first kappa shape index (κ1) is 30.6. The molecule has 0 radical (unpaired) electrons. The number of carboxylic acids is 1. The van der Waals surface area contributed by atoms with E-state index < -0.39 is 68.5 Å². The van der Waals surface area contributed by atoms with Crippen LogP contribution in [0.2, 0.25) is 0 Å². The van der Waals surface area contributed by atoms with Crippen molar-refractivity contribution in [1.82, 2.24) is 5.32 Å². The summed E-state index contributed by atoms with van der Waals surface area (Å²) in [7, 11) is 1.31. The Kier molecular flexibility index (Phi) is 6.20. The molecule has 39 heavy (non-hydrogen) atoms. The second-order valence-corrected chi connectivity index (χ2v) is 13.4. The lowest BCUT2D eigenvalue weighted by molar-refractivity contribution is -0.583. The minimum atomic E-state index is -2.18. The molecule has 6 rings (SSSR count). The monoisotopic (exact) mass is 559 g/mol. The van der Waals surface area contributed by atoms with Crippen molar-refractivity contribution in [2.45, 2.75) is 114 Å². The predicted molar refractivity (Wildman–Crippen MR) is 135 cm³/mol. The van der Waals surface area contributed by atoms with Crippen LogP contribution in [0.15, 0.2) is 0 Å². The molecule has 4 unspecified atom stereocenters. The normalized spacial score (nSPS) is 57.7. The summed E-state index contributed by atoms with van der Waals surface area (Å²) in [5.41, 5.74) is -10.9. The van der Waals surface area contributed by atoms with Crippen molar-refractivity contribution < 1.29 is 53.7 Å². The number of rotatable bonds is 8. The van der Waals surface area contributed by atoms with Gasteiger partial charge in [-0.15, -0.1) is 0 Å². The van der Waals surface area contributed by atoms with Crippen molar-refractivity contribution in [2.24, 2.45) is 16.7 Å². The third-order valence-corrected chi connectivity index (χ3v) is 12.3. The Morgan fingerprint density at radius 3 is 1.92 bits per heavy atom. The Morgan fingerprint density at radius 2 is 1.49 bits per heavy atom. The molecule has 1 saturated carbocycles. The van der Waals surface area contributed by atoms with Crippen molar-refractivity contribution in [2.75, 3.05) is 26.9 Å². The molecule has 0 aromatic rings. The molecule has 5 heterocycles. The molecular formula is C27H45NO11. The molecule has 0 aromatic carbocycles. The number of amides is 1. The van der Waals surface area contributed by atoms with Crippen LogP contribution in [0.5, 0.6) is 0 Å². The summed E-state index contributed by atoms with van der Waals surface area (Å²) in [6.07, 6.45) is 0. The van der Waals surface area contributed by atoms with E-state index >= 15 is 0 Å². The van der Waals surface area contributed by atoms with E-state index in [4.69, 9.17) is 23.7 Å². The van der Waals surface area contributed by atoms with Crippen LogP contribution in [0.4, 0.5) is 0 Å². The van der Waals surface area contributed by atoms with E-state index in [1.807, 2.05) is 13.8 Å². The fourth-order valence-electron chi connectivity index (χ4n) is 8.55.